The Morgan fingerprint density at radius 2 is 1.13 bits per heavy atom. The molecule has 0 aliphatic heterocycles. The van der Waals surface area contributed by atoms with Crippen LogP contribution in [0.1, 0.15) is 57.9 Å². The third kappa shape index (κ3) is 11.7. The quantitative estimate of drug-likeness (QED) is 0.0703. The second-order valence-electron chi connectivity index (χ2n) is 12.8. The fraction of sp³-hybridized carbons (Fsp3) is 0.359. The minimum absolute atomic E-state index is 0.0380. The van der Waals surface area contributed by atoms with Crippen molar-refractivity contribution in [1.29, 1.82) is 0 Å². The maximum atomic E-state index is 14.1. The van der Waals surface area contributed by atoms with Crippen molar-refractivity contribution >= 4 is 5.97 Å². The Morgan fingerprint density at radius 3 is 1.53 bits per heavy atom. The Labute approximate surface area is 303 Å². The van der Waals surface area contributed by atoms with E-state index in [1.165, 1.54) is 24.3 Å². The predicted octanol–water partition coefficient (Wildman–Crippen LogP) is 7.56. The number of hydrogen-bond acceptors (Lipinski definition) is 7. The van der Waals surface area contributed by atoms with Gasteiger partial charge in [-0.15, -0.1) is 0 Å². The fourth-order valence-electron chi connectivity index (χ4n) is 5.73. The largest absolute Gasteiger partial charge is 0.488 e. The van der Waals surface area contributed by atoms with Crippen molar-refractivity contribution in [3.63, 3.8) is 0 Å². The molecule has 0 aliphatic carbocycles. The van der Waals surface area contributed by atoms with Crippen LogP contribution in [-0.4, -0.2) is 46.6 Å². The van der Waals surface area contributed by atoms with Crippen LogP contribution in [-0.2, 0) is 43.5 Å². The second-order valence-corrected chi connectivity index (χ2v) is 12.8. The highest BCUT2D eigenvalue weighted by atomic mass is 19.4. The zero-order valence-corrected chi connectivity index (χ0v) is 29.4. The van der Waals surface area contributed by atoms with Gasteiger partial charge in [-0.3, -0.25) is 4.79 Å². The number of alkyl halides is 6. The van der Waals surface area contributed by atoms with Crippen LogP contribution in [0.4, 0.5) is 26.3 Å². The van der Waals surface area contributed by atoms with Crippen LogP contribution in [0.3, 0.4) is 0 Å². The summed E-state index contributed by atoms with van der Waals surface area (Å²) in [6, 6.07) is 18.1. The molecular formula is C39H42F6N2O6. The Morgan fingerprint density at radius 1 is 0.698 bits per heavy atom. The summed E-state index contributed by atoms with van der Waals surface area (Å²) >= 11 is 0. The van der Waals surface area contributed by atoms with E-state index in [4.69, 9.17) is 14.6 Å². The first-order valence-electron chi connectivity index (χ1n) is 16.8. The van der Waals surface area contributed by atoms with Crippen LogP contribution >= 0.6 is 0 Å². The first kappa shape index (κ1) is 41.1. The van der Waals surface area contributed by atoms with E-state index >= 15 is 0 Å². The van der Waals surface area contributed by atoms with Crippen molar-refractivity contribution in [3.05, 3.63) is 117 Å². The molecule has 0 heterocycles. The van der Waals surface area contributed by atoms with E-state index in [1.807, 2.05) is 26.0 Å². The second kappa shape index (κ2) is 17.9. The summed E-state index contributed by atoms with van der Waals surface area (Å²) < 4.78 is 95.6. The monoisotopic (exact) mass is 748 g/mol. The molecule has 0 unspecified atom stereocenters. The first-order valence-corrected chi connectivity index (χ1v) is 16.8. The van der Waals surface area contributed by atoms with E-state index < -0.39 is 48.1 Å². The lowest BCUT2D eigenvalue weighted by Crippen LogP contribution is -2.28. The van der Waals surface area contributed by atoms with Crippen LogP contribution in [0.2, 0.25) is 0 Å². The van der Waals surface area contributed by atoms with Crippen LogP contribution in [0, 0.1) is 13.8 Å². The maximum Gasteiger partial charge on any atom is 0.419 e. The number of carboxylic acids is 1. The molecule has 14 heteroatoms. The van der Waals surface area contributed by atoms with Crippen molar-refractivity contribution in [1.82, 2.24) is 10.6 Å². The number of carbonyl (C=O) groups is 1. The molecule has 4 aromatic rings. The van der Waals surface area contributed by atoms with Gasteiger partial charge >= 0.3 is 18.3 Å². The van der Waals surface area contributed by atoms with Crippen LogP contribution in [0.5, 0.6) is 11.5 Å². The van der Waals surface area contributed by atoms with Gasteiger partial charge in [0.25, 0.3) is 0 Å². The molecule has 53 heavy (non-hydrogen) atoms. The molecule has 0 spiro atoms. The minimum Gasteiger partial charge on any atom is -0.488 e. The molecule has 286 valence electrons. The number of benzene rings is 4. The SMILES string of the molecule is Cc1c(COc2ccc(CNC[C@@H](O)CC(=O)O)cc2C(F)(F)F)cccc1-c1cccc(COc2ccc(CNC[C@H](C)O)cc2C(F)(F)F)c1C. The Bertz CT molecular complexity index is 1860. The van der Waals surface area contributed by atoms with Crippen LogP contribution in [0.15, 0.2) is 72.8 Å². The number of aliphatic hydroxyl groups excluding tert-OH is 2. The summed E-state index contributed by atoms with van der Waals surface area (Å²) in [7, 11) is 0. The number of nitrogens with one attached hydrogen (secondary N) is 2. The van der Waals surface area contributed by atoms with Crippen LogP contribution in [0.25, 0.3) is 11.1 Å². The molecule has 0 saturated heterocycles. The van der Waals surface area contributed by atoms with Crippen molar-refractivity contribution in [2.75, 3.05) is 13.1 Å². The van der Waals surface area contributed by atoms with Gasteiger partial charge in [0.1, 0.15) is 24.7 Å². The maximum absolute atomic E-state index is 14.1. The summed E-state index contributed by atoms with van der Waals surface area (Å²) in [6.45, 7) is 5.06. The average Bonchev–Trinajstić information content (AvgIpc) is 3.07. The number of aliphatic hydroxyl groups is 2. The standard InChI is InChI=1S/C39H42F6N2O6/c1-23(48)17-46-18-26-10-12-35(33(14-26)38(40,41)42)52-21-28-6-4-8-31(24(28)2)32-9-5-7-29(25(32)3)22-53-36-13-11-27(15-34(36)39(43,44)45)19-47-20-30(49)16-37(50)51/h4-15,23,30,46-49H,16-22H2,1-3H3,(H,50,51)/t23-,30-/m0/s1. The number of hydrogen-bond donors (Lipinski definition) is 5. The molecule has 0 aromatic heterocycles. The normalized spacial score (nSPS) is 13.1. The lowest BCUT2D eigenvalue weighted by Gasteiger charge is -2.19. The highest BCUT2D eigenvalue weighted by Crippen LogP contribution is 2.39. The molecule has 4 rings (SSSR count). The molecular weight excluding hydrogens is 706 g/mol. The van der Waals surface area contributed by atoms with E-state index in [-0.39, 0.29) is 56.5 Å². The highest BCUT2D eigenvalue weighted by Gasteiger charge is 2.36. The molecule has 8 nitrogen and oxygen atoms in total. The van der Waals surface area contributed by atoms with Crippen molar-refractivity contribution in [3.8, 4) is 22.6 Å². The van der Waals surface area contributed by atoms with Crippen molar-refractivity contribution < 1.29 is 55.9 Å². The number of halogens is 6. The summed E-state index contributed by atoms with van der Waals surface area (Å²) in [6.07, 6.45) is -11.7. The van der Waals surface area contributed by atoms with Gasteiger partial charge in [0.2, 0.25) is 0 Å². The smallest absolute Gasteiger partial charge is 0.419 e. The molecule has 5 N–H and O–H groups in total. The van der Waals surface area contributed by atoms with Gasteiger partial charge < -0.3 is 35.4 Å². The Balaban J connectivity index is 1.49. The predicted molar refractivity (Wildman–Crippen MR) is 186 cm³/mol. The van der Waals surface area contributed by atoms with Gasteiger partial charge in [-0.25, -0.2) is 0 Å². The van der Waals surface area contributed by atoms with Crippen molar-refractivity contribution in [2.45, 2.75) is 78.1 Å². The van der Waals surface area contributed by atoms with Crippen LogP contribution < -0.4 is 20.1 Å². The Hall–Kier alpha value is -4.63. The third-order valence-electron chi connectivity index (χ3n) is 8.54. The molecule has 0 radical (unpaired) electrons. The molecule has 0 bridgehead atoms. The van der Waals surface area contributed by atoms with Gasteiger partial charge in [0.15, 0.2) is 0 Å². The minimum atomic E-state index is -4.73. The molecule has 0 fully saturated rings. The van der Waals surface area contributed by atoms with Gasteiger partial charge in [0.05, 0.1) is 29.8 Å². The Kier molecular flexibility index (Phi) is 13.9. The molecule has 0 saturated carbocycles. The zero-order valence-electron chi connectivity index (χ0n) is 29.4. The van der Waals surface area contributed by atoms with E-state index in [0.29, 0.717) is 16.7 Å². The first-order chi connectivity index (χ1) is 24.9. The van der Waals surface area contributed by atoms with Gasteiger partial charge in [0, 0.05) is 26.2 Å². The average molecular weight is 749 g/mol. The molecule has 0 amide bonds. The van der Waals surface area contributed by atoms with E-state index in [1.54, 1.807) is 31.2 Å². The number of aliphatic carboxylic acids is 1. The summed E-state index contributed by atoms with van der Waals surface area (Å²) in [5.41, 5.74) is 3.01. The van der Waals surface area contributed by atoms with Gasteiger partial charge in [-0.1, -0.05) is 48.5 Å². The molecule has 2 atom stereocenters. The lowest BCUT2D eigenvalue weighted by atomic mass is 9.92. The zero-order chi connectivity index (χ0) is 38.9. The third-order valence-corrected chi connectivity index (χ3v) is 8.54. The summed E-state index contributed by atoms with van der Waals surface area (Å²) in [4.78, 5) is 10.7. The number of rotatable bonds is 17. The number of ether oxygens (including phenoxy) is 2. The fourth-order valence-corrected chi connectivity index (χ4v) is 5.73. The number of carboxylic acid groups (broad SMARTS) is 1. The highest BCUT2D eigenvalue weighted by molar-refractivity contribution is 5.72. The summed E-state index contributed by atoms with van der Waals surface area (Å²) in [5.74, 6) is -1.90. The van der Waals surface area contributed by atoms with E-state index in [9.17, 15) is 41.4 Å². The summed E-state index contributed by atoms with van der Waals surface area (Å²) in [5, 5.41) is 33.5. The molecule has 4 aromatic carbocycles. The van der Waals surface area contributed by atoms with Crippen molar-refractivity contribution in [2.24, 2.45) is 0 Å². The topological polar surface area (TPSA) is 120 Å². The van der Waals surface area contributed by atoms with Gasteiger partial charge in [-0.2, -0.15) is 26.3 Å². The lowest BCUT2D eigenvalue weighted by molar-refractivity contribution is -0.140. The van der Waals surface area contributed by atoms with E-state index in [0.717, 1.165) is 34.4 Å². The molecule has 0 aliphatic rings. The van der Waals surface area contributed by atoms with Gasteiger partial charge in [-0.05, 0) is 89.5 Å². The van der Waals surface area contributed by atoms with E-state index in [2.05, 4.69) is 10.6 Å².